The van der Waals surface area contributed by atoms with Gasteiger partial charge in [-0.2, -0.15) is 0 Å². The molecule has 1 aliphatic rings. The van der Waals surface area contributed by atoms with Crippen molar-refractivity contribution in [3.63, 3.8) is 0 Å². The molecule has 0 spiro atoms. The van der Waals surface area contributed by atoms with Crippen LogP contribution in [0.1, 0.15) is 6.42 Å². The highest BCUT2D eigenvalue weighted by molar-refractivity contribution is 7.91. The van der Waals surface area contributed by atoms with Crippen LogP contribution >= 0.6 is 0 Å². The quantitative estimate of drug-likeness (QED) is 0.914. The van der Waals surface area contributed by atoms with E-state index in [2.05, 4.69) is 4.98 Å². The molecule has 20 heavy (non-hydrogen) atoms. The summed E-state index contributed by atoms with van der Waals surface area (Å²) in [7, 11) is -3.32. The van der Waals surface area contributed by atoms with Crippen LogP contribution in [0.15, 0.2) is 23.1 Å². The third kappa shape index (κ3) is 2.27. The standard InChI is InChI=1S/C13H17N3O3S/c1-20(17,18)11-4-2-3-10-12(11)15-13(14)16(10)7-9-5-6-19-8-9/h2-4,9H,5-8H2,1H3,(H2,14,15). The minimum absolute atomic E-state index is 0.225. The molecule has 0 bridgehead atoms. The summed E-state index contributed by atoms with van der Waals surface area (Å²) in [6.45, 7) is 2.19. The number of nitrogens with zero attached hydrogens (tertiary/aromatic N) is 2. The maximum atomic E-state index is 11.8. The van der Waals surface area contributed by atoms with Gasteiger partial charge in [-0.15, -0.1) is 0 Å². The van der Waals surface area contributed by atoms with E-state index in [4.69, 9.17) is 10.5 Å². The number of para-hydroxylation sites is 1. The zero-order valence-electron chi connectivity index (χ0n) is 11.2. The second-order valence-corrected chi connectivity index (χ2v) is 7.19. The maximum absolute atomic E-state index is 11.8. The number of sulfone groups is 1. The highest BCUT2D eigenvalue weighted by Gasteiger charge is 2.21. The first-order valence-electron chi connectivity index (χ1n) is 6.49. The van der Waals surface area contributed by atoms with Crippen molar-refractivity contribution in [1.82, 2.24) is 9.55 Å². The highest BCUT2D eigenvalue weighted by Crippen LogP contribution is 2.27. The molecule has 0 amide bonds. The number of nitrogens with two attached hydrogens (primary N) is 1. The van der Waals surface area contributed by atoms with Crippen molar-refractivity contribution in [2.45, 2.75) is 17.9 Å². The number of fused-ring (bicyclic) bond motifs is 1. The summed E-state index contributed by atoms with van der Waals surface area (Å²) in [6.07, 6.45) is 2.17. The van der Waals surface area contributed by atoms with E-state index in [-0.39, 0.29) is 4.90 Å². The van der Waals surface area contributed by atoms with Gasteiger partial charge in [-0.25, -0.2) is 13.4 Å². The van der Waals surface area contributed by atoms with Crippen LogP contribution in [0, 0.1) is 5.92 Å². The number of ether oxygens (including phenoxy) is 1. The van der Waals surface area contributed by atoms with Crippen molar-refractivity contribution in [3.8, 4) is 0 Å². The Morgan fingerprint density at radius 1 is 1.50 bits per heavy atom. The van der Waals surface area contributed by atoms with Gasteiger partial charge in [-0.3, -0.25) is 0 Å². The third-order valence-corrected chi connectivity index (χ3v) is 4.76. The van der Waals surface area contributed by atoms with E-state index >= 15 is 0 Å². The lowest BCUT2D eigenvalue weighted by molar-refractivity contribution is 0.183. The molecule has 1 atom stereocenters. The third-order valence-electron chi connectivity index (χ3n) is 3.64. The van der Waals surface area contributed by atoms with Gasteiger partial charge in [0.1, 0.15) is 5.52 Å². The summed E-state index contributed by atoms with van der Waals surface area (Å²) in [5.41, 5.74) is 7.17. The molecule has 1 aromatic carbocycles. The minimum atomic E-state index is -3.32. The first-order valence-corrected chi connectivity index (χ1v) is 8.38. The van der Waals surface area contributed by atoms with Crippen LogP contribution in [0.25, 0.3) is 11.0 Å². The van der Waals surface area contributed by atoms with E-state index in [0.717, 1.165) is 18.5 Å². The second-order valence-electron chi connectivity index (χ2n) is 5.21. The monoisotopic (exact) mass is 295 g/mol. The van der Waals surface area contributed by atoms with Crippen molar-refractivity contribution in [2.24, 2.45) is 5.92 Å². The van der Waals surface area contributed by atoms with Gasteiger partial charge in [0, 0.05) is 25.3 Å². The molecular weight excluding hydrogens is 278 g/mol. The Kier molecular flexibility index (Phi) is 3.18. The van der Waals surface area contributed by atoms with E-state index in [9.17, 15) is 8.42 Å². The SMILES string of the molecule is CS(=O)(=O)c1cccc2c1nc(N)n2CC1CCOC1. The normalized spacial score (nSPS) is 19.8. The van der Waals surface area contributed by atoms with Crippen LogP contribution < -0.4 is 5.73 Å². The predicted octanol–water partition coefficient (Wildman–Crippen LogP) is 1.06. The number of imidazole rings is 1. The second kappa shape index (κ2) is 4.75. The molecule has 1 aromatic heterocycles. The van der Waals surface area contributed by atoms with Crippen molar-refractivity contribution in [2.75, 3.05) is 25.2 Å². The molecule has 1 fully saturated rings. The van der Waals surface area contributed by atoms with Gasteiger partial charge in [0.05, 0.1) is 17.0 Å². The van der Waals surface area contributed by atoms with Crippen molar-refractivity contribution >= 4 is 26.8 Å². The van der Waals surface area contributed by atoms with E-state index in [1.807, 2.05) is 10.6 Å². The van der Waals surface area contributed by atoms with Gasteiger partial charge in [0.15, 0.2) is 9.84 Å². The lowest BCUT2D eigenvalue weighted by atomic mass is 10.1. The molecule has 2 N–H and O–H groups in total. The lowest BCUT2D eigenvalue weighted by Gasteiger charge is -2.11. The molecule has 1 unspecified atom stereocenters. The number of benzene rings is 1. The molecule has 1 aliphatic heterocycles. The summed E-state index contributed by atoms with van der Waals surface area (Å²) in [4.78, 5) is 4.47. The fourth-order valence-corrected chi connectivity index (χ4v) is 3.44. The van der Waals surface area contributed by atoms with E-state index in [0.29, 0.717) is 30.5 Å². The average Bonchev–Trinajstić information content (AvgIpc) is 2.97. The van der Waals surface area contributed by atoms with Crippen LogP contribution in [-0.4, -0.2) is 37.4 Å². The molecule has 3 rings (SSSR count). The Labute approximate surface area is 117 Å². The highest BCUT2D eigenvalue weighted by atomic mass is 32.2. The van der Waals surface area contributed by atoms with E-state index in [1.165, 1.54) is 6.26 Å². The summed E-state index contributed by atoms with van der Waals surface area (Å²) in [6, 6.07) is 5.14. The number of hydrogen-bond acceptors (Lipinski definition) is 5. The Bertz CT molecular complexity index is 746. The van der Waals surface area contributed by atoms with Gasteiger partial charge in [-0.1, -0.05) is 6.07 Å². The molecule has 0 radical (unpaired) electrons. The molecule has 2 heterocycles. The van der Waals surface area contributed by atoms with E-state index in [1.54, 1.807) is 12.1 Å². The topological polar surface area (TPSA) is 87.2 Å². The molecule has 6 nitrogen and oxygen atoms in total. The summed E-state index contributed by atoms with van der Waals surface area (Å²) >= 11 is 0. The fraction of sp³-hybridized carbons (Fsp3) is 0.462. The van der Waals surface area contributed by atoms with Gasteiger partial charge < -0.3 is 15.0 Å². The lowest BCUT2D eigenvalue weighted by Crippen LogP contribution is -2.12. The molecule has 0 saturated carbocycles. The molecular formula is C13H17N3O3S. The van der Waals surface area contributed by atoms with Gasteiger partial charge in [-0.05, 0) is 18.6 Å². The van der Waals surface area contributed by atoms with Gasteiger partial charge in [0.2, 0.25) is 5.95 Å². The van der Waals surface area contributed by atoms with Crippen LogP contribution in [0.2, 0.25) is 0 Å². The van der Waals surface area contributed by atoms with Crippen LogP contribution in [0.3, 0.4) is 0 Å². The van der Waals surface area contributed by atoms with Crippen LogP contribution in [0.4, 0.5) is 5.95 Å². The number of hydrogen-bond donors (Lipinski definition) is 1. The smallest absolute Gasteiger partial charge is 0.201 e. The number of nitrogen functional groups attached to an aromatic ring is 1. The van der Waals surface area contributed by atoms with E-state index < -0.39 is 9.84 Å². The Hall–Kier alpha value is -1.60. The average molecular weight is 295 g/mol. The predicted molar refractivity (Wildman–Crippen MR) is 76.2 cm³/mol. The number of aromatic nitrogens is 2. The van der Waals surface area contributed by atoms with Gasteiger partial charge in [0.25, 0.3) is 0 Å². The van der Waals surface area contributed by atoms with Crippen LogP contribution in [0.5, 0.6) is 0 Å². The Morgan fingerprint density at radius 2 is 2.30 bits per heavy atom. The molecule has 0 aliphatic carbocycles. The maximum Gasteiger partial charge on any atom is 0.201 e. The Morgan fingerprint density at radius 3 is 2.95 bits per heavy atom. The van der Waals surface area contributed by atoms with Crippen molar-refractivity contribution in [3.05, 3.63) is 18.2 Å². The summed E-state index contributed by atoms with van der Waals surface area (Å²) in [5, 5.41) is 0. The fourth-order valence-electron chi connectivity index (χ4n) is 2.62. The zero-order valence-corrected chi connectivity index (χ0v) is 12.1. The largest absolute Gasteiger partial charge is 0.381 e. The first-order chi connectivity index (χ1) is 9.47. The Balaban J connectivity index is 2.11. The minimum Gasteiger partial charge on any atom is -0.381 e. The zero-order chi connectivity index (χ0) is 14.3. The molecule has 2 aromatic rings. The van der Waals surface area contributed by atoms with Crippen LogP contribution in [-0.2, 0) is 21.1 Å². The van der Waals surface area contributed by atoms with Gasteiger partial charge >= 0.3 is 0 Å². The number of anilines is 1. The summed E-state index contributed by atoms with van der Waals surface area (Å²) < 4.78 is 30.8. The van der Waals surface area contributed by atoms with Crippen molar-refractivity contribution in [1.29, 1.82) is 0 Å². The number of rotatable bonds is 3. The summed E-state index contributed by atoms with van der Waals surface area (Å²) in [5.74, 6) is 0.750. The first kappa shape index (κ1) is 13.4. The molecule has 7 heteroatoms. The molecule has 108 valence electrons. The van der Waals surface area contributed by atoms with Crippen molar-refractivity contribution < 1.29 is 13.2 Å². The molecule has 1 saturated heterocycles.